The molecule has 0 atom stereocenters. The van der Waals surface area contributed by atoms with Crippen LogP contribution in [0.25, 0.3) is 0 Å². The Hall–Kier alpha value is -1.59. The molecule has 0 spiro atoms. The zero-order valence-corrected chi connectivity index (χ0v) is 11.2. The van der Waals surface area contributed by atoms with Crippen molar-refractivity contribution in [1.82, 2.24) is 4.98 Å². The second-order valence-electron chi connectivity index (χ2n) is 3.69. The normalized spacial score (nSPS) is 10.3. The average Bonchev–Trinajstić information content (AvgIpc) is 2.75. The van der Waals surface area contributed by atoms with Crippen molar-refractivity contribution in [3.8, 4) is 0 Å². The first kappa shape index (κ1) is 12.9. The zero-order valence-electron chi connectivity index (χ0n) is 9.64. The molecule has 1 aromatic heterocycles. The number of esters is 1. The van der Waals surface area contributed by atoms with E-state index in [2.05, 4.69) is 4.98 Å². The Morgan fingerprint density at radius 3 is 3.00 bits per heavy atom. The van der Waals surface area contributed by atoms with E-state index in [1.54, 1.807) is 12.1 Å². The largest absolute Gasteiger partial charge is 0.455 e. The van der Waals surface area contributed by atoms with Crippen molar-refractivity contribution in [3.63, 3.8) is 0 Å². The van der Waals surface area contributed by atoms with E-state index in [0.717, 1.165) is 10.7 Å². The number of hydrogen-bond acceptors (Lipinski definition) is 5. The number of hydrogen-bond donors (Lipinski definition) is 1. The number of carbonyl (C=O) groups excluding carboxylic acids is 1. The lowest BCUT2D eigenvalue weighted by atomic mass is 10.2. The standard InChI is InChI=1S/C12H11ClN2O2S/c1-7-6-18-11(15-7)5-17-12(16)9-4-8(13)2-3-10(9)14/h2-4,6H,5,14H2,1H3. The Morgan fingerprint density at radius 2 is 2.33 bits per heavy atom. The molecule has 18 heavy (non-hydrogen) atoms. The fraction of sp³-hybridized carbons (Fsp3) is 0.167. The fourth-order valence-electron chi connectivity index (χ4n) is 1.38. The van der Waals surface area contributed by atoms with Crippen molar-refractivity contribution >= 4 is 34.6 Å². The van der Waals surface area contributed by atoms with Gasteiger partial charge < -0.3 is 10.5 Å². The number of nitrogens with two attached hydrogens (primary N) is 1. The molecule has 0 aliphatic rings. The highest BCUT2D eigenvalue weighted by Crippen LogP contribution is 2.19. The lowest BCUT2D eigenvalue weighted by Crippen LogP contribution is -2.08. The molecular weight excluding hydrogens is 272 g/mol. The average molecular weight is 283 g/mol. The molecular formula is C12H11ClN2O2S. The number of carbonyl (C=O) groups is 1. The monoisotopic (exact) mass is 282 g/mol. The predicted molar refractivity (Wildman–Crippen MR) is 71.8 cm³/mol. The number of aryl methyl sites for hydroxylation is 1. The number of nitrogens with zero attached hydrogens (tertiary/aromatic N) is 1. The Labute approximate surface area is 113 Å². The summed E-state index contributed by atoms with van der Waals surface area (Å²) in [5, 5.41) is 3.10. The van der Waals surface area contributed by atoms with Crippen LogP contribution in [0.1, 0.15) is 21.1 Å². The highest BCUT2D eigenvalue weighted by atomic mass is 35.5. The third-order valence-electron chi connectivity index (χ3n) is 2.23. The van der Waals surface area contributed by atoms with Crippen LogP contribution in [0.15, 0.2) is 23.6 Å². The molecule has 0 saturated heterocycles. The molecule has 2 aromatic rings. The number of rotatable bonds is 3. The van der Waals surface area contributed by atoms with Gasteiger partial charge in [0.2, 0.25) is 0 Å². The molecule has 1 aromatic carbocycles. The van der Waals surface area contributed by atoms with Gasteiger partial charge in [0, 0.05) is 21.8 Å². The van der Waals surface area contributed by atoms with Gasteiger partial charge in [0.25, 0.3) is 0 Å². The Bertz CT molecular complexity index is 583. The maximum absolute atomic E-state index is 11.8. The second kappa shape index (κ2) is 5.37. The van der Waals surface area contributed by atoms with Crippen molar-refractivity contribution < 1.29 is 9.53 Å². The molecule has 94 valence electrons. The zero-order chi connectivity index (χ0) is 13.1. The Balaban J connectivity index is 2.05. The summed E-state index contributed by atoms with van der Waals surface area (Å²) in [6.07, 6.45) is 0. The molecule has 0 radical (unpaired) electrons. The molecule has 0 aliphatic heterocycles. The Kier molecular flexibility index (Phi) is 3.84. The van der Waals surface area contributed by atoms with Crippen LogP contribution in [0, 0.1) is 6.92 Å². The van der Waals surface area contributed by atoms with Crippen molar-refractivity contribution in [2.45, 2.75) is 13.5 Å². The number of anilines is 1. The van der Waals surface area contributed by atoms with Crippen LogP contribution >= 0.6 is 22.9 Å². The van der Waals surface area contributed by atoms with Gasteiger partial charge in [-0.05, 0) is 25.1 Å². The minimum atomic E-state index is -0.497. The summed E-state index contributed by atoms with van der Waals surface area (Å²) in [7, 11) is 0. The lowest BCUT2D eigenvalue weighted by molar-refractivity contribution is 0.0473. The van der Waals surface area contributed by atoms with E-state index in [0.29, 0.717) is 10.7 Å². The van der Waals surface area contributed by atoms with E-state index in [-0.39, 0.29) is 12.2 Å². The van der Waals surface area contributed by atoms with Gasteiger partial charge in [-0.25, -0.2) is 9.78 Å². The minimum Gasteiger partial charge on any atom is -0.455 e. The molecule has 0 fully saturated rings. The van der Waals surface area contributed by atoms with Gasteiger partial charge in [-0.15, -0.1) is 11.3 Å². The third-order valence-corrected chi connectivity index (χ3v) is 3.40. The molecule has 0 saturated carbocycles. The predicted octanol–water partition coefficient (Wildman–Crippen LogP) is 3.04. The summed E-state index contributed by atoms with van der Waals surface area (Å²) >= 11 is 7.26. The van der Waals surface area contributed by atoms with Gasteiger partial charge in [-0.1, -0.05) is 11.6 Å². The maximum Gasteiger partial charge on any atom is 0.340 e. The number of nitrogen functional groups attached to an aromatic ring is 1. The van der Waals surface area contributed by atoms with Crippen molar-refractivity contribution in [2.24, 2.45) is 0 Å². The molecule has 0 unspecified atom stereocenters. The molecule has 4 nitrogen and oxygen atoms in total. The van der Waals surface area contributed by atoms with E-state index in [4.69, 9.17) is 22.1 Å². The molecule has 2 N–H and O–H groups in total. The van der Waals surface area contributed by atoms with Gasteiger partial charge in [0.15, 0.2) is 0 Å². The summed E-state index contributed by atoms with van der Waals surface area (Å²) in [6.45, 7) is 2.03. The highest BCUT2D eigenvalue weighted by molar-refractivity contribution is 7.09. The number of ether oxygens (including phenoxy) is 1. The highest BCUT2D eigenvalue weighted by Gasteiger charge is 2.12. The van der Waals surface area contributed by atoms with Crippen molar-refractivity contribution in [3.05, 3.63) is 44.9 Å². The number of benzene rings is 1. The van der Waals surface area contributed by atoms with E-state index in [1.165, 1.54) is 17.4 Å². The lowest BCUT2D eigenvalue weighted by Gasteiger charge is -2.05. The van der Waals surface area contributed by atoms with Crippen LogP contribution in [0.4, 0.5) is 5.69 Å². The number of halogens is 1. The van der Waals surface area contributed by atoms with Crippen LogP contribution in [-0.4, -0.2) is 11.0 Å². The van der Waals surface area contributed by atoms with E-state index < -0.39 is 5.97 Å². The summed E-state index contributed by atoms with van der Waals surface area (Å²) in [5.41, 5.74) is 7.22. The van der Waals surface area contributed by atoms with Gasteiger partial charge in [0.1, 0.15) is 11.6 Å². The van der Waals surface area contributed by atoms with E-state index in [1.807, 2.05) is 12.3 Å². The SMILES string of the molecule is Cc1csc(COC(=O)c2cc(Cl)ccc2N)n1. The summed E-state index contributed by atoms with van der Waals surface area (Å²) in [6, 6.07) is 4.69. The van der Waals surface area contributed by atoms with E-state index >= 15 is 0 Å². The van der Waals surface area contributed by atoms with Gasteiger partial charge in [-0.3, -0.25) is 0 Å². The van der Waals surface area contributed by atoms with Crippen LogP contribution in [0.2, 0.25) is 5.02 Å². The summed E-state index contributed by atoms with van der Waals surface area (Å²) in [4.78, 5) is 16.0. The van der Waals surface area contributed by atoms with Crippen molar-refractivity contribution in [2.75, 3.05) is 5.73 Å². The minimum absolute atomic E-state index is 0.142. The quantitative estimate of drug-likeness (QED) is 0.694. The Morgan fingerprint density at radius 1 is 1.56 bits per heavy atom. The van der Waals surface area contributed by atoms with Crippen LogP contribution in [-0.2, 0) is 11.3 Å². The summed E-state index contributed by atoms with van der Waals surface area (Å²) < 4.78 is 5.13. The molecule has 2 rings (SSSR count). The first-order valence-electron chi connectivity index (χ1n) is 5.19. The van der Waals surface area contributed by atoms with Crippen LogP contribution < -0.4 is 5.73 Å². The van der Waals surface area contributed by atoms with Gasteiger partial charge in [0.05, 0.1) is 5.56 Å². The maximum atomic E-state index is 11.8. The van der Waals surface area contributed by atoms with Gasteiger partial charge >= 0.3 is 5.97 Å². The second-order valence-corrected chi connectivity index (χ2v) is 5.07. The third kappa shape index (κ3) is 3.00. The molecule has 6 heteroatoms. The number of thiazole rings is 1. The first-order valence-corrected chi connectivity index (χ1v) is 6.45. The van der Waals surface area contributed by atoms with Crippen LogP contribution in [0.3, 0.4) is 0 Å². The van der Waals surface area contributed by atoms with Gasteiger partial charge in [-0.2, -0.15) is 0 Å². The first-order chi connectivity index (χ1) is 8.56. The molecule has 0 bridgehead atoms. The van der Waals surface area contributed by atoms with E-state index in [9.17, 15) is 4.79 Å². The van der Waals surface area contributed by atoms with Crippen molar-refractivity contribution in [1.29, 1.82) is 0 Å². The smallest absolute Gasteiger partial charge is 0.340 e. The molecule has 0 aliphatic carbocycles. The molecule has 0 amide bonds. The topological polar surface area (TPSA) is 65.2 Å². The fourth-order valence-corrected chi connectivity index (χ4v) is 2.23. The van der Waals surface area contributed by atoms with Crippen LogP contribution in [0.5, 0.6) is 0 Å². The molecule has 1 heterocycles. The number of aromatic nitrogens is 1. The summed E-state index contributed by atoms with van der Waals surface area (Å²) in [5.74, 6) is -0.497.